The molecule has 0 saturated carbocycles. The lowest BCUT2D eigenvalue weighted by Gasteiger charge is -2.38. The summed E-state index contributed by atoms with van der Waals surface area (Å²) in [6.07, 6.45) is 89.9. The number of aliphatic hydroxyl groups excluding tert-OH is 4. The van der Waals surface area contributed by atoms with Gasteiger partial charge in [-0.15, -0.1) is 0 Å². The second kappa shape index (κ2) is 83.4. The molecule has 0 spiro atoms. The molecular weight excluding hydrogens is 1120 g/mol. The van der Waals surface area contributed by atoms with Gasteiger partial charge in [-0.2, -0.15) is 0 Å². The molecule has 0 amide bonds. The maximum absolute atomic E-state index is 9.80. The summed E-state index contributed by atoms with van der Waals surface area (Å²) in [5, 5.41) is 39.2. The fourth-order valence-electron chi connectivity index (χ4n) is 14.2. The van der Waals surface area contributed by atoms with E-state index in [0.717, 1.165) is 61.3 Å². The van der Waals surface area contributed by atoms with Gasteiger partial charge >= 0.3 is 0 Å². The number of hydrogen-bond donors (Lipinski definition) is 4. The van der Waals surface area contributed by atoms with Gasteiger partial charge in [0.25, 0.3) is 0 Å². The fourth-order valence-corrected chi connectivity index (χ4v) is 14.2. The van der Waals surface area contributed by atoms with Crippen LogP contribution in [0.25, 0.3) is 0 Å². The summed E-state index contributed by atoms with van der Waals surface area (Å²) in [7, 11) is 0. The van der Waals surface area contributed by atoms with E-state index in [1.165, 1.54) is 411 Å². The van der Waals surface area contributed by atoms with Crippen molar-refractivity contribution in [2.45, 2.75) is 439 Å². The zero-order chi connectivity index (χ0) is 62.7. The summed E-state index contributed by atoms with van der Waals surface area (Å²) in [4.78, 5) is 0. The van der Waals surface area contributed by atoms with Crippen molar-refractivity contribution in [1.82, 2.24) is 0 Å². The first kappa shape index (κ1) is 94.7. The number of unbranched alkanes of at least 4 members (excludes halogenated alkanes) is 60. The Bertz CT molecular complexity index is 1010. The van der Waals surface area contributed by atoms with Gasteiger partial charge in [0.05, 0.1) is 52.6 Å². The molecule has 0 aromatic heterocycles. The lowest BCUT2D eigenvalue weighted by molar-refractivity contribution is -0.929. The first-order valence-electron chi connectivity index (χ1n) is 40.6. The third kappa shape index (κ3) is 73.7. The Morgan fingerprint density at radius 2 is 0.227 bits per heavy atom. The van der Waals surface area contributed by atoms with Gasteiger partial charge in [0.2, 0.25) is 0 Å². The van der Waals surface area contributed by atoms with Gasteiger partial charge in [-0.25, -0.2) is 0 Å². The van der Waals surface area contributed by atoms with E-state index >= 15 is 0 Å². The normalized spacial score (nSPS) is 11.7. The van der Waals surface area contributed by atoms with Crippen LogP contribution in [0.1, 0.15) is 439 Å². The van der Waals surface area contributed by atoms with Crippen molar-refractivity contribution in [2.24, 2.45) is 0 Å². The van der Waals surface area contributed by atoms with Crippen LogP contribution in [0.2, 0.25) is 0 Å². The maximum Gasteiger partial charge on any atom is 0.102 e. The standard InChI is InChI=1S/2C40H84NO2.2ClH/c2*1-3-5-7-9-11-13-15-17-19-21-23-25-27-29-31-33-35-41(37-39-42,38-40-43)36-34-32-30-28-26-24-22-20-18-16-14-12-10-8-6-4-2;;/h2*42-43H,3-40H2,1-2H3;2*1H/q2*+1;;/p-2. The molecule has 0 aliphatic heterocycles. The highest BCUT2D eigenvalue weighted by Crippen LogP contribution is 2.22. The molecule has 4 N–H and O–H groups in total. The van der Waals surface area contributed by atoms with E-state index in [4.69, 9.17) is 0 Å². The summed E-state index contributed by atoms with van der Waals surface area (Å²) >= 11 is 0. The highest BCUT2D eigenvalue weighted by molar-refractivity contribution is 4.58. The van der Waals surface area contributed by atoms with Gasteiger partial charge in [-0.05, 0) is 51.4 Å². The number of nitrogens with zero attached hydrogens (tertiary/aromatic N) is 2. The van der Waals surface area contributed by atoms with E-state index in [9.17, 15) is 20.4 Å². The Morgan fingerprint density at radius 1 is 0.136 bits per heavy atom. The number of halogens is 2. The lowest BCUT2D eigenvalue weighted by atomic mass is 10.0. The quantitative estimate of drug-likeness (QED) is 0.0361. The largest absolute Gasteiger partial charge is 1.00 e. The average Bonchev–Trinajstić information content (AvgIpc) is 3.72. The third-order valence-electron chi connectivity index (χ3n) is 20.2. The van der Waals surface area contributed by atoms with Gasteiger partial charge in [0.1, 0.15) is 26.2 Å². The van der Waals surface area contributed by atoms with Crippen molar-refractivity contribution in [3.63, 3.8) is 0 Å². The molecule has 0 aliphatic carbocycles. The zero-order valence-electron chi connectivity index (χ0n) is 61.2. The van der Waals surface area contributed by atoms with Crippen LogP contribution in [0, 0.1) is 0 Å². The zero-order valence-corrected chi connectivity index (χ0v) is 62.7. The van der Waals surface area contributed by atoms with Crippen molar-refractivity contribution < 1.29 is 54.2 Å². The molecule has 0 unspecified atom stereocenters. The Labute approximate surface area is 568 Å². The highest BCUT2D eigenvalue weighted by Gasteiger charge is 2.26. The molecule has 0 aliphatic rings. The van der Waals surface area contributed by atoms with Crippen molar-refractivity contribution in [3.05, 3.63) is 0 Å². The van der Waals surface area contributed by atoms with Crippen LogP contribution < -0.4 is 24.8 Å². The second-order valence-corrected chi connectivity index (χ2v) is 28.6. The Balaban J connectivity index is -0.000000784. The molecule has 0 saturated heterocycles. The number of aliphatic hydroxyl groups is 4. The fraction of sp³-hybridized carbons (Fsp3) is 1.00. The smallest absolute Gasteiger partial charge is 0.102 e. The van der Waals surface area contributed by atoms with Gasteiger partial charge in [-0.3, -0.25) is 0 Å². The monoisotopic (exact) mass is 1290 g/mol. The van der Waals surface area contributed by atoms with E-state index in [1.807, 2.05) is 0 Å². The predicted octanol–water partition coefficient (Wildman–Crippen LogP) is 18.6. The number of quaternary nitrogens is 2. The van der Waals surface area contributed by atoms with Crippen molar-refractivity contribution >= 4 is 0 Å². The number of rotatable bonds is 76. The highest BCUT2D eigenvalue weighted by atomic mass is 35.5. The Hall–Kier alpha value is 0.340. The van der Waals surface area contributed by atoms with Crippen LogP contribution in [0.3, 0.4) is 0 Å². The second-order valence-electron chi connectivity index (χ2n) is 28.6. The molecule has 536 valence electrons. The lowest BCUT2D eigenvalue weighted by Crippen LogP contribution is -3.00. The van der Waals surface area contributed by atoms with Gasteiger partial charge in [-0.1, -0.05) is 387 Å². The molecule has 0 radical (unpaired) electrons. The predicted molar refractivity (Wildman–Crippen MR) is 386 cm³/mol. The first-order valence-corrected chi connectivity index (χ1v) is 40.6. The minimum Gasteiger partial charge on any atom is -1.00 e. The molecule has 88 heavy (non-hydrogen) atoms. The van der Waals surface area contributed by atoms with E-state index in [-0.39, 0.29) is 51.2 Å². The summed E-state index contributed by atoms with van der Waals surface area (Å²) in [6, 6.07) is 0. The molecule has 0 heterocycles. The van der Waals surface area contributed by atoms with Gasteiger partial charge in [0.15, 0.2) is 0 Å². The molecule has 0 aromatic carbocycles. The molecule has 0 bridgehead atoms. The SMILES string of the molecule is CCCCCCCCCCCCCCCCCC[N+](CCO)(CCO)CCCCCCCCCCCCCCCCCC.CCCCCCCCCCCCCCCCCC[N+](CCO)(CCO)CCCCCCCCCCCCCCCCCC.[Cl-].[Cl-]. The van der Waals surface area contributed by atoms with Gasteiger partial charge in [0, 0.05) is 0 Å². The van der Waals surface area contributed by atoms with Crippen molar-refractivity contribution in [1.29, 1.82) is 0 Å². The summed E-state index contributed by atoms with van der Waals surface area (Å²) in [5.74, 6) is 0. The third-order valence-corrected chi connectivity index (χ3v) is 20.2. The van der Waals surface area contributed by atoms with Crippen molar-refractivity contribution in [3.8, 4) is 0 Å². The van der Waals surface area contributed by atoms with E-state index in [2.05, 4.69) is 27.7 Å². The average molecular weight is 1290 g/mol. The Kier molecular flexibility index (Phi) is 89.8. The van der Waals surface area contributed by atoms with Crippen LogP contribution in [0.4, 0.5) is 0 Å². The van der Waals surface area contributed by atoms with Crippen LogP contribution >= 0.6 is 0 Å². The molecule has 8 heteroatoms. The summed E-state index contributed by atoms with van der Waals surface area (Å²) in [6.45, 7) is 18.0. The summed E-state index contributed by atoms with van der Waals surface area (Å²) < 4.78 is 1.87. The molecular formula is C80H168Cl2N2O4. The van der Waals surface area contributed by atoms with Crippen LogP contribution in [-0.2, 0) is 0 Å². The molecule has 0 rings (SSSR count). The molecule has 0 atom stereocenters. The van der Waals surface area contributed by atoms with E-state index in [0.29, 0.717) is 0 Å². The van der Waals surface area contributed by atoms with Crippen LogP contribution in [0.5, 0.6) is 0 Å². The minimum atomic E-state index is 0. The minimum absolute atomic E-state index is 0. The maximum atomic E-state index is 9.80. The molecule has 6 nitrogen and oxygen atoms in total. The van der Waals surface area contributed by atoms with E-state index < -0.39 is 0 Å². The first-order chi connectivity index (χ1) is 42.5. The number of hydrogen-bond acceptors (Lipinski definition) is 4. The van der Waals surface area contributed by atoms with E-state index in [1.54, 1.807) is 0 Å². The Morgan fingerprint density at radius 3 is 0.318 bits per heavy atom. The van der Waals surface area contributed by atoms with Crippen LogP contribution in [0.15, 0.2) is 0 Å². The van der Waals surface area contributed by atoms with Gasteiger partial charge < -0.3 is 54.2 Å². The topological polar surface area (TPSA) is 80.9 Å². The molecule has 0 fully saturated rings. The van der Waals surface area contributed by atoms with Crippen LogP contribution in [-0.4, -0.2) is 108 Å². The summed E-state index contributed by atoms with van der Waals surface area (Å²) in [5.41, 5.74) is 0. The van der Waals surface area contributed by atoms with Crippen molar-refractivity contribution in [2.75, 3.05) is 78.8 Å². The molecule has 0 aromatic rings.